The van der Waals surface area contributed by atoms with Crippen molar-refractivity contribution < 1.29 is 19.4 Å². The van der Waals surface area contributed by atoms with Gasteiger partial charge >= 0.3 is 12.0 Å². The van der Waals surface area contributed by atoms with Crippen LogP contribution >= 0.6 is 0 Å². The first-order chi connectivity index (χ1) is 16.9. The highest BCUT2D eigenvalue weighted by molar-refractivity contribution is 5.92. The molecule has 1 aromatic carbocycles. The SMILES string of the molecule is COc1cc(N(C)CCCNC(=O)N[C@@H](CCCN=C(N)N)C(=O)O)c2nc(C(C)(C)C)ccc2c1. The molecule has 1 heterocycles. The van der Waals surface area contributed by atoms with E-state index in [0.29, 0.717) is 32.5 Å². The van der Waals surface area contributed by atoms with Crippen LogP contribution in [0.1, 0.15) is 45.7 Å². The summed E-state index contributed by atoms with van der Waals surface area (Å²) in [5, 5.41) is 15.5. The van der Waals surface area contributed by atoms with Crippen LogP contribution in [0.5, 0.6) is 5.75 Å². The zero-order valence-corrected chi connectivity index (χ0v) is 21.8. The van der Waals surface area contributed by atoms with Gasteiger partial charge in [-0.3, -0.25) is 9.98 Å². The number of aromatic nitrogens is 1. The lowest BCUT2D eigenvalue weighted by molar-refractivity contribution is -0.139. The number of hydrogen-bond acceptors (Lipinski definition) is 6. The molecule has 0 saturated heterocycles. The third-order valence-electron chi connectivity index (χ3n) is 5.67. The fourth-order valence-corrected chi connectivity index (χ4v) is 3.62. The van der Waals surface area contributed by atoms with Crippen molar-refractivity contribution in [2.75, 3.05) is 38.7 Å². The number of aliphatic imine (C=N–C) groups is 1. The van der Waals surface area contributed by atoms with E-state index in [1.165, 1.54) is 0 Å². The Kier molecular flexibility index (Phi) is 10.1. The molecule has 0 saturated carbocycles. The number of fused-ring (bicyclic) bond motifs is 1. The lowest BCUT2D eigenvalue weighted by Crippen LogP contribution is -2.46. The maximum absolute atomic E-state index is 12.2. The van der Waals surface area contributed by atoms with Crippen molar-refractivity contribution in [2.24, 2.45) is 16.5 Å². The summed E-state index contributed by atoms with van der Waals surface area (Å²) >= 11 is 0. The zero-order valence-electron chi connectivity index (χ0n) is 21.8. The lowest BCUT2D eigenvalue weighted by atomic mass is 9.91. The van der Waals surface area contributed by atoms with Gasteiger partial charge in [-0.05, 0) is 31.4 Å². The highest BCUT2D eigenvalue weighted by Crippen LogP contribution is 2.32. The fourth-order valence-electron chi connectivity index (χ4n) is 3.62. The van der Waals surface area contributed by atoms with Crippen LogP contribution in [0.2, 0.25) is 0 Å². The third-order valence-corrected chi connectivity index (χ3v) is 5.67. The number of amides is 2. The van der Waals surface area contributed by atoms with E-state index in [-0.39, 0.29) is 17.8 Å². The molecule has 0 spiro atoms. The average molecular weight is 502 g/mol. The van der Waals surface area contributed by atoms with Gasteiger partial charge in [0.15, 0.2) is 5.96 Å². The number of pyridine rings is 1. The second kappa shape index (κ2) is 12.8. The molecule has 2 aromatic rings. The molecule has 0 unspecified atom stereocenters. The molecule has 0 radical (unpaired) electrons. The van der Waals surface area contributed by atoms with Crippen LogP contribution < -0.4 is 31.7 Å². The Morgan fingerprint density at radius 3 is 2.56 bits per heavy atom. The number of carboxylic acid groups (broad SMARTS) is 1. The highest BCUT2D eigenvalue weighted by atomic mass is 16.5. The topological polar surface area (TPSA) is 168 Å². The number of nitrogens with two attached hydrogens (primary N) is 2. The van der Waals surface area contributed by atoms with Crippen molar-refractivity contribution >= 4 is 34.6 Å². The van der Waals surface area contributed by atoms with Gasteiger partial charge in [0, 0.05) is 49.2 Å². The Bertz CT molecular complexity index is 1080. The summed E-state index contributed by atoms with van der Waals surface area (Å²) in [4.78, 5) is 34.5. The van der Waals surface area contributed by atoms with Crippen LogP contribution in [0.15, 0.2) is 29.3 Å². The second-order valence-corrected chi connectivity index (χ2v) is 9.68. The summed E-state index contributed by atoms with van der Waals surface area (Å²) in [5.74, 6) is -0.418. The monoisotopic (exact) mass is 501 g/mol. The number of urea groups is 1. The molecule has 1 atom stereocenters. The number of methoxy groups -OCH3 is 1. The van der Waals surface area contributed by atoms with Gasteiger partial charge in [0.25, 0.3) is 0 Å². The standard InChI is InChI=1S/C25H39N7O4/c1-25(2,3)20-10-9-16-14-17(36-5)15-19(21(16)31-20)32(4)13-7-12-29-24(35)30-18(22(33)34)8-6-11-28-23(26)27/h9-10,14-15,18H,6-8,11-13H2,1-5H3,(H,33,34)(H4,26,27,28)(H2,29,30,35)/t18-/m0/s1. The van der Waals surface area contributed by atoms with E-state index in [1.54, 1.807) is 7.11 Å². The van der Waals surface area contributed by atoms with E-state index in [9.17, 15) is 14.7 Å². The first-order valence-corrected chi connectivity index (χ1v) is 12.0. The van der Waals surface area contributed by atoms with Crippen LogP contribution in [0, 0.1) is 0 Å². The number of carbonyl (C=O) groups is 2. The number of carbonyl (C=O) groups excluding carboxylic acids is 1. The maximum Gasteiger partial charge on any atom is 0.326 e. The van der Waals surface area contributed by atoms with Gasteiger partial charge in [0.05, 0.1) is 18.3 Å². The van der Waals surface area contributed by atoms with Gasteiger partial charge in [-0.15, -0.1) is 0 Å². The average Bonchev–Trinajstić information content (AvgIpc) is 2.81. The molecule has 198 valence electrons. The van der Waals surface area contributed by atoms with E-state index in [4.69, 9.17) is 21.2 Å². The predicted octanol–water partition coefficient (Wildman–Crippen LogP) is 2.17. The van der Waals surface area contributed by atoms with Gasteiger partial charge in [-0.1, -0.05) is 26.8 Å². The van der Waals surface area contributed by atoms with Gasteiger partial charge in [-0.2, -0.15) is 0 Å². The number of aliphatic carboxylic acids is 1. The first-order valence-electron chi connectivity index (χ1n) is 12.0. The van der Waals surface area contributed by atoms with Gasteiger partial charge in [0.1, 0.15) is 11.8 Å². The summed E-state index contributed by atoms with van der Waals surface area (Å²) in [6, 6.07) is 6.48. The summed E-state index contributed by atoms with van der Waals surface area (Å²) in [6.45, 7) is 7.70. The van der Waals surface area contributed by atoms with Crippen molar-refractivity contribution in [1.82, 2.24) is 15.6 Å². The Hall–Kier alpha value is -3.76. The minimum absolute atomic E-state index is 0.0510. The van der Waals surface area contributed by atoms with Crippen molar-refractivity contribution in [1.29, 1.82) is 0 Å². The van der Waals surface area contributed by atoms with Crippen LogP contribution in [0.25, 0.3) is 10.9 Å². The minimum atomic E-state index is -1.11. The molecule has 1 aromatic heterocycles. The van der Waals surface area contributed by atoms with Crippen molar-refractivity contribution in [3.8, 4) is 5.75 Å². The smallest absolute Gasteiger partial charge is 0.326 e. The second-order valence-electron chi connectivity index (χ2n) is 9.68. The number of anilines is 1. The molecule has 11 heteroatoms. The van der Waals surface area contributed by atoms with E-state index in [1.807, 2.05) is 25.2 Å². The molecule has 0 aliphatic rings. The fraction of sp³-hybridized carbons (Fsp3) is 0.520. The minimum Gasteiger partial charge on any atom is -0.497 e. The van der Waals surface area contributed by atoms with Crippen LogP contribution in [-0.2, 0) is 10.2 Å². The lowest BCUT2D eigenvalue weighted by Gasteiger charge is -2.24. The molecule has 2 amide bonds. The molecule has 2 rings (SSSR count). The van der Waals surface area contributed by atoms with Gasteiger partial charge in [-0.25, -0.2) is 9.59 Å². The number of benzene rings is 1. The van der Waals surface area contributed by atoms with Crippen LogP contribution in [0.4, 0.5) is 10.5 Å². The molecule has 7 N–H and O–H groups in total. The molecule has 0 aliphatic carbocycles. The number of guanidine groups is 1. The Labute approximate surface area is 212 Å². The third kappa shape index (κ3) is 8.47. The van der Waals surface area contributed by atoms with E-state index in [0.717, 1.165) is 28.0 Å². The number of nitrogens with zero attached hydrogens (tertiary/aromatic N) is 3. The predicted molar refractivity (Wildman–Crippen MR) is 143 cm³/mol. The Morgan fingerprint density at radius 1 is 1.22 bits per heavy atom. The molecular weight excluding hydrogens is 462 g/mol. The molecule has 11 nitrogen and oxygen atoms in total. The normalized spacial score (nSPS) is 12.0. The number of nitrogens with one attached hydrogen (secondary N) is 2. The highest BCUT2D eigenvalue weighted by Gasteiger charge is 2.20. The van der Waals surface area contributed by atoms with Crippen molar-refractivity contribution in [2.45, 2.75) is 51.5 Å². The van der Waals surface area contributed by atoms with Crippen molar-refractivity contribution in [3.05, 3.63) is 30.0 Å². The Balaban J connectivity index is 1.96. The summed E-state index contributed by atoms with van der Waals surface area (Å²) in [6.07, 6.45) is 1.29. The number of carboxylic acids is 1. The van der Waals surface area contributed by atoms with Crippen molar-refractivity contribution in [3.63, 3.8) is 0 Å². The number of hydrogen-bond donors (Lipinski definition) is 5. The number of ether oxygens (including phenoxy) is 1. The summed E-state index contributed by atoms with van der Waals surface area (Å²) in [5.41, 5.74) is 13.3. The molecule has 0 bridgehead atoms. The first kappa shape index (κ1) is 28.5. The quantitative estimate of drug-likeness (QED) is 0.167. The largest absolute Gasteiger partial charge is 0.497 e. The molecule has 0 fully saturated rings. The summed E-state index contributed by atoms with van der Waals surface area (Å²) < 4.78 is 5.48. The molecular formula is C25H39N7O4. The van der Waals surface area contributed by atoms with E-state index >= 15 is 0 Å². The van der Waals surface area contributed by atoms with Crippen LogP contribution in [0.3, 0.4) is 0 Å². The molecule has 0 aliphatic heterocycles. The molecule has 36 heavy (non-hydrogen) atoms. The van der Waals surface area contributed by atoms with Crippen LogP contribution in [-0.4, -0.2) is 67.9 Å². The Morgan fingerprint density at radius 2 is 1.94 bits per heavy atom. The zero-order chi connectivity index (χ0) is 26.9. The summed E-state index contributed by atoms with van der Waals surface area (Å²) in [7, 11) is 3.60. The van der Waals surface area contributed by atoms with E-state index in [2.05, 4.69) is 47.4 Å². The maximum atomic E-state index is 12.2. The number of rotatable bonds is 12. The van der Waals surface area contributed by atoms with Gasteiger partial charge in [0.2, 0.25) is 0 Å². The van der Waals surface area contributed by atoms with E-state index < -0.39 is 18.0 Å². The van der Waals surface area contributed by atoms with Gasteiger partial charge < -0.3 is 36.8 Å².